The molecule has 16 heavy (non-hydrogen) atoms. The van der Waals surface area contributed by atoms with Crippen molar-refractivity contribution in [3.8, 4) is 0 Å². The third kappa shape index (κ3) is 1.20. The van der Waals surface area contributed by atoms with Crippen molar-refractivity contribution in [2.75, 3.05) is 6.61 Å². The molecule has 0 radical (unpaired) electrons. The van der Waals surface area contributed by atoms with Gasteiger partial charge < -0.3 is 9.30 Å². The molecule has 1 aromatic carbocycles. The number of hydrogen-bond acceptors (Lipinski definition) is 2. The Morgan fingerprint density at radius 2 is 2.31 bits per heavy atom. The number of rotatable bonds is 1. The highest BCUT2D eigenvalue weighted by molar-refractivity contribution is 5.99. The minimum atomic E-state index is -0.320. The highest BCUT2D eigenvalue weighted by Gasteiger charge is 2.19. The van der Waals surface area contributed by atoms with Gasteiger partial charge in [-0.3, -0.25) is 4.79 Å². The van der Waals surface area contributed by atoms with E-state index >= 15 is 0 Å². The van der Waals surface area contributed by atoms with Crippen molar-refractivity contribution < 1.29 is 13.9 Å². The van der Waals surface area contributed by atoms with E-state index in [1.54, 1.807) is 6.07 Å². The van der Waals surface area contributed by atoms with Gasteiger partial charge in [0.1, 0.15) is 5.82 Å². The fourth-order valence-corrected chi connectivity index (χ4v) is 2.27. The van der Waals surface area contributed by atoms with E-state index in [0.29, 0.717) is 30.7 Å². The zero-order valence-corrected chi connectivity index (χ0v) is 8.57. The van der Waals surface area contributed by atoms with Crippen LogP contribution in [0.15, 0.2) is 18.2 Å². The number of fused-ring (bicyclic) bond motifs is 3. The number of halogens is 1. The highest BCUT2D eigenvalue weighted by atomic mass is 19.1. The highest BCUT2D eigenvalue weighted by Crippen LogP contribution is 2.28. The molecule has 3 nitrogen and oxygen atoms in total. The molecule has 4 heteroatoms. The van der Waals surface area contributed by atoms with Crippen LogP contribution < -0.4 is 0 Å². The molecule has 3 rings (SSSR count). The summed E-state index contributed by atoms with van der Waals surface area (Å²) in [5, 5.41) is 0.676. The molecule has 1 aliphatic rings. The molecular weight excluding hydrogens is 209 g/mol. The van der Waals surface area contributed by atoms with Crippen molar-refractivity contribution >= 4 is 17.2 Å². The van der Waals surface area contributed by atoms with Crippen molar-refractivity contribution in [2.24, 2.45) is 0 Å². The van der Waals surface area contributed by atoms with Gasteiger partial charge in [0, 0.05) is 23.0 Å². The maximum absolute atomic E-state index is 13.2. The van der Waals surface area contributed by atoms with Crippen LogP contribution in [0, 0.1) is 5.82 Å². The van der Waals surface area contributed by atoms with Crippen LogP contribution in [0.1, 0.15) is 16.1 Å². The van der Waals surface area contributed by atoms with E-state index in [9.17, 15) is 9.18 Å². The Balaban J connectivity index is 2.41. The van der Waals surface area contributed by atoms with Gasteiger partial charge in [-0.05, 0) is 18.2 Å². The molecule has 0 N–H and O–H groups in total. The minimum absolute atomic E-state index is 0.320. The predicted octanol–water partition coefficient (Wildman–Crippen LogP) is 2.12. The zero-order valence-electron chi connectivity index (χ0n) is 8.57. The normalized spacial score (nSPS) is 15.1. The number of aldehydes is 1. The standard InChI is InChI=1S/C12H10FNO2/c13-8-1-2-11-9(5-8)10(6-15)12-7-16-4-3-14(11)12/h1-2,5-6H,3-4,7H2. The van der Waals surface area contributed by atoms with Gasteiger partial charge in [0.2, 0.25) is 0 Å². The molecular formula is C12H10FNO2. The van der Waals surface area contributed by atoms with Gasteiger partial charge in [-0.15, -0.1) is 0 Å². The van der Waals surface area contributed by atoms with Crippen LogP contribution in [0.2, 0.25) is 0 Å². The summed E-state index contributed by atoms with van der Waals surface area (Å²) in [6.45, 7) is 1.77. The molecule has 0 saturated carbocycles. The van der Waals surface area contributed by atoms with Crippen molar-refractivity contribution in [3.63, 3.8) is 0 Å². The zero-order chi connectivity index (χ0) is 11.1. The maximum Gasteiger partial charge on any atom is 0.152 e. The van der Waals surface area contributed by atoms with Crippen molar-refractivity contribution in [1.29, 1.82) is 0 Å². The first-order valence-electron chi connectivity index (χ1n) is 5.15. The van der Waals surface area contributed by atoms with Gasteiger partial charge >= 0.3 is 0 Å². The number of aromatic nitrogens is 1. The van der Waals surface area contributed by atoms with Crippen LogP contribution in [-0.2, 0) is 17.9 Å². The molecule has 82 valence electrons. The monoisotopic (exact) mass is 219 g/mol. The van der Waals surface area contributed by atoms with Crippen LogP contribution in [0.4, 0.5) is 4.39 Å². The van der Waals surface area contributed by atoms with E-state index in [1.807, 2.05) is 4.57 Å². The number of benzene rings is 1. The van der Waals surface area contributed by atoms with E-state index < -0.39 is 0 Å². The minimum Gasteiger partial charge on any atom is -0.373 e. The van der Waals surface area contributed by atoms with E-state index in [4.69, 9.17) is 4.74 Å². The quantitative estimate of drug-likeness (QED) is 0.688. The molecule has 2 heterocycles. The summed E-state index contributed by atoms with van der Waals surface area (Å²) in [5.74, 6) is -0.320. The van der Waals surface area contributed by atoms with Crippen molar-refractivity contribution in [3.05, 3.63) is 35.3 Å². The topological polar surface area (TPSA) is 31.2 Å². The van der Waals surface area contributed by atoms with Gasteiger partial charge in [-0.1, -0.05) is 0 Å². The molecule has 0 unspecified atom stereocenters. The Labute approximate surface area is 91.4 Å². The van der Waals surface area contributed by atoms with Crippen LogP contribution in [0.5, 0.6) is 0 Å². The number of hydrogen-bond donors (Lipinski definition) is 0. The lowest BCUT2D eigenvalue weighted by Crippen LogP contribution is -2.16. The second-order valence-corrected chi connectivity index (χ2v) is 3.84. The molecule has 0 bridgehead atoms. The third-order valence-electron chi connectivity index (χ3n) is 2.99. The van der Waals surface area contributed by atoms with E-state index in [1.165, 1.54) is 12.1 Å². The van der Waals surface area contributed by atoms with Crippen molar-refractivity contribution in [1.82, 2.24) is 4.57 Å². The van der Waals surface area contributed by atoms with Crippen LogP contribution in [0.25, 0.3) is 10.9 Å². The molecule has 0 saturated heterocycles. The van der Waals surface area contributed by atoms with Gasteiger partial charge in [-0.25, -0.2) is 4.39 Å². The number of carbonyl (C=O) groups excluding carboxylic acids is 1. The lowest BCUT2D eigenvalue weighted by molar-refractivity contribution is 0.0849. The molecule has 2 aromatic rings. The molecule has 0 spiro atoms. The summed E-state index contributed by atoms with van der Waals surface area (Å²) in [6, 6.07) is 4.54. The lowest BCUT2D eigenvalue weighted by Gasteiger charge is -2.16. The Bertz CT molecular complexity index is 574. The second-order valence-electron chi connectivity index (χ2n) is 3.84. The Hall–Kier alpha value is -1.68. The Morgan fingerprint density at radius 3 is 3.12 bits per heavy atom. The largest absolute Gasteiger partial charge is 0.373 e. The van der Waals surface area contributed by atoms with Gasteiger partial charge in [0.15, 0.2) is 6.29 Å². The fourth-order valence-electron chi connectivity index (χ4n) is 2.27. The van der Waals surface area contributed by atoms with Gasteiger partial charge in [-0.2, -0.15) is 0 Å². The smallest absolute Gasteiger partial charge is 0.152 e. The second kappa shape index (κ2) is 3.42. The van der Waals surface area contributed by atoms with E-state index in [0.717, 1.165) is 17.5 Å². The van der Waals surface area contributed by atoms with Crippen LogP contribution >= 0.6 is 0 Å². The molecule has 0 aliphatic carbocycles. The first-order valence-corrected chi connectivity index (χ1v) is 5.15. The van der Waals surface area contributed by atoms with Gasteiger partial charge in [0.25, 0.3) is 0 Å². The molecule has 0 amide bonds. The SMILES string of the molecule is O=Cc1c2n(c3ccc(F)cc13)CCOC2. The number of ether oxygens (including phenoxy) is 1. The Morgan fingerprint density at radius 1 is 1.44 bits per heavy atom. The number of nitrogens with zero attached hydrogens (tertiary/aromatic N) is 1. The summed E-state index contributed by atoms with van der Waals surface area (Å²) in [5.41, 5.74) is 2.30. The average Bonchev–Trinajstić information content (AvgIpc) is 2.61. The average molecular weight is 219 g/mol. The van der Waals surface area contributed by atoms with E-state index in [-0.39, 0.29) is 5.82 Å². The molecule has 0 fully saturated rings. The van der Waals surface area contributed by atoms with Crippen LogP contribution in [0.3, 0.4) is 0 Å². The maximum atomic E-state index is 13.2. The third-order valence-corrected chi connectivity index (χ3v) is 2.99. The summed E-state index contributed by atoms with van der Waals surface area (Å²) in [6.07, 6.45) is 0.780. The first kappa shape index (κ1) is 9.54. The van der Waals surface area contributed by atoms with E-state index in [2.05, 4.69) is 0 Å². The molecule has 1 aromatic heterocycles. The van der Waals surface area contributed by atoms with Crippen LogP contribution in [-0.4, -0.2) is 17.5 Å². The number of carbonyl (C=O) groups is 1. The fraction of sp³-hybridized carbons (Fsp3) is 0.250. The van der Waals surface area contributed by atoms with Crippen molar-refractivity contribution in [2.45, 2.75) is 13.2 Å². The first-order chi connectivity index (χ1) is 7.81. The summed E-state index contributed by atoms with van der Waals surface area (Å²) in [4.78, 5) is 11.1. The molecule has 0 atom stereocenters. The predicted molar refractivity (Wildman–Crippen MR) is 56.9 cm³/mol. The Kier molecular flexibility index (Phi) is 2.04. The molecule has 1 aliphatic heterocycles. The summed E-state index contributed by atoms with van der Waals surface area (Å²) >= 11 is 0. The summed E-state index contributed by atoms with van der Waals surface area (Å²) < 4.78 is 20.5. The lowest BCUT2D eigenvalue weighted by atomic mass is 10.1. The van der Waals surface area contributed by atoms with Gasteiger partial charge in [0.05, 0.1) is 18.9 Å². The summed E-state index contributed by atoms with van der Waals surface area (Å²) in [7, 11) is 0.